The fourth-order valence-corrected chi connectivity index (χ4v) is 1.85. The Morgan fingerprint density at radius 3 is 2.61 bits per heavy atom. The first-order chi connectivity index (χ1) is 8.65. The minimum atomic E-state index is 0.0125. The fourth-order valence-electron chi connectivity index (χ4n) is 1.72. The Kier molecular flexibility index (Phi) is 4.05. The van der Waals surface area contributed by atoms with Gasteiger partial charge in [-0.25, -0.2) is 0 Å². The number of hydrogen-bond acceptors (Lipinski definition) is 1. The van der Waals surface area contributed by atoms with Crippen molar-refractivity contribution in [2.75, 3.05) is 0 Å². The lowest BCUT2D eigenvalue weighted by atomic mass is 10.1. The van der Waals surface area contributed by atoms with Gasteiger partial charge in [0.1, 0.15) is 0 Å². The molecule has 3 nitrogen and oxygen atoms in total. The van der Waals surface area contributed by atoms with Crippen LogP contribution in [0.2, 0.25) is 5.02 Å². The molecule has 0 atom stereocenters. The second-order valence-corrected chi connectivity index (χ2v) is 4.63. The van der Waals surface area contributed by atoms with Crippen LogP contribution in [0.4, 0.5) is 0 Å². The molecule has 1 aromatic carbocycles. The lowest BCUT2D eigenvalue weighted by Crippen LogP contribution is -2.25. The molecule has 0 aliphatic rings. The summed E-state index contributed by atoms with van der Waals surface area (Å²) in [7, 11) is 1.96. The first-order valence-electron chi connectivity index (χ1n) is 5.76. The van der Waals surface area contributed by atoms with Gasteiger partial charge in [-0.2, -0.15) is 0 Å². The van der Waals surface area contributed by atoms with Gasteiger partial charge in [-0.1, -0.05) is 23.7 Å². The quantitative estimate of drug-likeness (QED) is 0.903. The summed E-state index contributed by atoms with van der Waals surface area (Å²) < 4.78 is 1.99. The van der Waals surface area contributed by atoms with E-state index >= 15 is 0 Å². The van der Waals surface area contributed by atoms with Crippen molar-refractivity contribution in [1.29, 1.82) is 0 Å². The zero-order chi connectivity index (χ0) is 13.0. The Bertz CT molecular complexity index is 531. The highest BCUT2D eigenvalue weighted by Crippen LogP contribution is 2.09. The van der Waals surface area contributed by atoms with E-state index in [0.29, 0.717) is 18.0 Å². The van der Waals surface area contributed by atoms with Crippen molar-refractivity contribution in [1.82, 2.24) is 9.88 Å². The van der Waals surface area contributed by atoms with Crippen LogP contribution >= 0.6 is 11.6 Å². The molecule has 0 aliphatic carbocycles. The van der Waals surface area contributed by atoms with E-state index in [0.717, 1.165) is 11.3 Å². The predicted molar refractivity (Wildman–Crippen MR) is 72.4 cm³/mol. The summed E-state index contributed by atoms with van der Waals surface area (Å²) in [4.78, 5) is 11.8. The standard InChI is InChI=1S/C14H15ClN2O/c1-17-8-2-3-13(17)10-16-14(18)9-11-4-6-12(15)7-5-11/h2-8H,9-10H2,1H3,(H,16,18). The molecule has 0 saturated carbocycles. The Balaban J connectivity index is 1.86. The van der Waals surface area contributed by atoms with Crippen molar-refractivity contribution in [3.63, 3.8) is 0 Å². The zero-order valence-electron chi connectivity index (χ0n) is 10.2. The molecule has 2 aromatic rings. The zero-order valence-corrected chi connectivity index (χ0v) is 10.9. The first kappa shape index (κ1) is 12.7. The minimum absolute atomic E-state index is 0.0125. The molecule has 1 amide bonds. The SMILES string of the molecule is Cn1cccc1CNC(=O)Cc1ccc(Cl)cc1. The number of carbonyl (C=O) groups is 1. The average molecular weight is 263 g/mol. The lowest BCUT2D eigenvalue weighted by molar-refractivity contribution is -0.120. The van der Waals surface area contributed by atoms with Gasteiger partial charge in [0, 0.05) is 24.0 Å². The maximum Gasteiger partial charge on any atom is 0.224 e. The van der Waals surface area contributed by atoms with E-state index in [1.807, 2.05) is 42.1 Å². The van der Waals surface area contributed by atoms with Crippen LogP contribution < -0.4 is 5.32 Å². The maximum atomic E-state index is 11.8. The highest BCUT2D eigenvalue weighted by atomic mass is 35.5. The molecule has 0 aliphatic heterocycles. The predicted octanol–water partition coefficient (Wildman–Crippen LogP) is 2.54. The molecule has 94 valence electrons. The summed E-state index contributed by atoms with van der Waals surface area (Å²) in [6, 6.07) is 11.3. The summed E-state index contributed by atoms with van der Waals surface area (Å²) in [6.45, 7) is 0.552. The van der Waals surface area contributed by atoms with Gasteiger partial charge in [-0.3, -0.25) is 4.79 Å². The van der Waals surface area contributed by atoms with E-state index < -0.39 is 0 Å². The molecule has 0 radical (unpaired) electrons. The van der Waals surface area contributed by atoms with Gasteiger partial charge in [0.15, 0.2) is 0 Å². The monoisotopic (exact) mass is 262 g/mol. The van der Waals surface area contributed by atoms with Crippen LogP contribution in [0.3, 0.4) is 0 Å². The van der Waals surface area contributed by atoms with E-state index in [9.17, 15) is 4.79 Å². The molecule has 0 saturated heterocycles. The molecular formula is C14H15ClN2O. The molecule has 0 bridgehead atoms. The maximum absolute atomic E-state index is 11.8. The number of benzene rings is 1. The third kappa shape index (κ3) is 3.37. The molecule has 1 N–H and O–H groups in total. The summed E-state index contributed by atoms with van der Waals surface area (Å²) in [5.41, 5.74) is 2.04. The number of amides is 1. The van der Waals surface area contributed by atoms with Crippen molar-refractivity contribution in [2.24, 2.45) is 7.05 Å². The first-order valence-corrected chi connectivity index (χ1v) is 6.14. The second kappa shape index (κ2) is 5.74. The van der Waals surface area contributed by atoms with Crippen molar-refractivity contribution in [3.8, 4) is 0 Å². The number of hydrogen-bond donors (Lipinski definition) is 1. The largest absolute Gasteiger partial charge is 0.353 e. The minimum Gasteiger partial charge on any atom is -0.353 e. The third-order valence-corrected chi connectivity index (χ3v) is 3.05. The van der Waals surface area contributed by atoms with E-state index in [1.54, 1.807) is 12.1 Å². The average Bonchev–Trinajstić information content (AvgIpc) is 2.75. The van der Waals surface area contributed by atoms with E-state index in [2.05, 4.69) is 5.32 Å². The summed E-state index contributed by atoms with van der Waals surface area (Å²) in [5.74, 6) is 0.0125. The molecule has 18 heavy (non-hydrogen) atoms. The summed E-state index contributed by atoms with van der Waals surface area (Å²) in [6.07, 6.45) is 2.34. The molecule has 1 heterocycles. The molecular weight excluding hydrogens is 248 g/mol. The van der Waals surface area contributed by atoms with Crippen LogP contribution in [-0.2, 0) is 24.8 Å². The molecule has 2 rings (SSSR count). The number of nitrogens with zero attached hydrogens (tertiary/aromatic N) is 1. The second-order valence-electron chi connectivity index (χ2n) is 4.19. The van der Waals surface area contributed by atoms with E-state index in [1.165, 1.54) is 0 Å². The van der Waals surface area contributed by atoms with Crippen LogP contribution in [0.1, 0.15) is 11.3 Å². The number of rotatable bonds is 4. The summed E-state index contributed by atoms with van der Waals surface area (Å²) >= 11 is 5.79. The highest BCUT2D eigenvalue weighted by molar-refractivity contribution is 6.30. The van der Waals surface area contributed by atoms with Crippen LogP contribution in [0.25, 0.3) is 0 Å². The van der Waals surface area contributed by atoms with Crippen molar-refractivity contribution in [2.45, 2.75) is 13.0 Å². The van der Waals surface area contributed by atoms with Crippen LogP contribution in [0.15, 0.2) is 42.6 Å². The lowest BCUT2D eigenvalue weighted by Gasteiger charge is -2.06. The van der Waals surface area contributed by atoms with Crippen molar-refractivity contribution in [3.05, 3.63) is 58.9 Å². The fraction of sp³-hybridized carbons (Fsp3) is 0.214. The normalized spacial score (nSPS) is 10.3. The Morgan fingerprint density at radius 2 is 2.00 bits per heavy atom. The van der Waals surface area contributed by atoms with Gasteiger partial charge in [-0.05, 0) is 29.8 Å². The number of aryl methyl sites for hydroxylation is 1. The van der Waals surface area contributed by atoms with Gasteiger partial charge < -0.3 is 9.88 Å². The van der Waals surface area contributed by atoms with Gasteiger partial charge in [0.05, 0.1) is 13.0 Å². The molecule has 4 heteroatoms. The number of carbonyl (C=O) groups excluding carboxylic acids is 1. The molecule has 1 aromatic heterocycles. The van der Waals surface area contributed by atoms with E-state index in [-0.39, 0.29) is 5.91 Å². The van der Waals surface area contributed by atoms with Gasteiger partial charge in [0.2, 0.25) is 5.91 Å². The Labute approximate surface area is 111 Å². The van der Waals surface area contributed by atoms with Gasteiger partial charge in [0.25, 0.3) is 0 Å². The number of aromatic nitrogens is 1. The van der Waals surface area contributed by atoms with Crippen molar-refractivity contribution < 1.29 is 4.79 Å². The van der Waals surface area contributed by atoms with Crippen molar-refractivity contribution >= 4 is 17.5 Å². The topological polar surface area (TPSA) is 34.0 Å². The van der Waals surface area contributed by atoms with Crippen LogP contribution in [0.5, 0.6) is 0 Å². The number of halogens is 1. The third-order valence-electron chi connectivity index (χ3n) is 2.80. The van der Waals surface area contributed by atoms with Gasteiger partial charge in [-0.15, -0.1) is 0 Å². The number of nitrogens with one attached hydrogen (secondary N) is 1. The Morgan fingerprint density at radius 1 is 1.28 bits per heavy atom. The van der Waals surface area contributed by atoms with E-state index in [4.69, 9.17) is 11.6 Å². The highest BCUT2D eigenvalue weighted by Gasteiger charge is 2.04. The molecule has 0 fully saturated rings. The van der Waals surface area contributed by atoms with Crippen LogP contribution in [0, 0.1) is 0 Å². The smallest absolute Gasteiger partial charge is 0.224 e. The summed E-state index contributed by atoms with van der Waals surface area (Å²) in [5, 5.41) is 3.58. The molecule has 0 unspecified atom stereocenters. The van der Waals surface area contributed by atoms with Gasteiger partial charge >= 0.3 is 0 Å². The molecule has 0 spiro atoms. The Hall–Kier alpha value is -1.74. The van der Waals surface area contributed by atoms with Crippen LogP contribution in [-0.4, -0.2) is 10.5 Å².